The van der Waals surface area contributed by atoms with Gasteiger partial charge in [0.2, 0.25) is 11.8 Å². The van der Waals surface area contributed by atoms with E-state index in [1.165, 1.54) is 20.8 Å². The van der Waals surface area contributed by atoms with Gasteiger partial charge in [-0.3, -0.25) is 32.9 Å². The highest BCUT2D eigenvalue weighted by atomic mass is 31.3. The number of Topliss-reactive ketones (excluding diaryl/α,β-unsaturated/α-hetero) is 2. The van der Waals surface area contributed by atoms with Crippen LogP contribution in [0.25, 0.3) is 11.2 Å². The molecule has 3 aromatic rings. The highest BCUT2D eigenvalue weighted by Gasteiger charge is 2.55. The van der Waals surface area contributed by atoms with Gasteiger partial charge in [-0.2, -0.15) is 0 Å². The monoisotopic (exact) mass is 891 g/mol. The van der Waals surface area contributed by atoms with Crippen molar-refractivity contribution in [2.45, 2.75) is 70.2 Å². The Balaban J connectivity index is 1.24. The molecule has 0 radical (unpaired) electrons. The summed E-state index contributed by atoms with van der Waals surface area (Å²) in [5.74, 6) is -2.50. The van der Waals surface area contributed by atoms with Crippen LogP contribution in [0.5, 0.6) is 0 Å². The summed E-state index contributed by atoms with van der Waals surface area (Å²) >= 11 is 0. The molecular formula is C31H40N7O18P3-4. The number of nitrogens with two attached hydrogens (primary N) is 1. The number of carbonyl (C=O) groups is 4. The predicted octanol–water partition coefficient (Wildman–Crippen LogP) is -2.72. The Kier molecular flexibility index (Phi) is 15.6. The lowest BCUT2D eigenvalue weighted by molar-refractivity contribution is -0.347. The van der Waals surface area contributed by atoms with E-state index in [9.17, 15) is 62.7 Å². The molecule has 7 unspecified atom stereocenters. The summed E-state index contributed by atoms with van der Waals surface area (Å²) in [6, 6.07) is 8.18. The summed E-state index contributed by atoms with van der Waals surface area (Å²) in [5, 5.41) is 26.3. The van der Waals surface area contributed by atoms with E-state index in [1.54, 1.807) is 30.3 Å². The van der Waals surface area contributed by atoms with Gasteiger partial charge in [0.15, 0.2) is 23.0 Å². The van der Waals surface area contributed by atoms with E-state index < -0.39 is 89.8 Å². The van der Waals surface area contributed by atoms with Gasteiger partial charge in [0, 0.05) is 36.9 Å². The number of hydrogen-bond donors (Lipinski definition) is 5. The molecule has 3 heterocycles. The summed E-state index contributed by atoms with van der Waals surface area (Å²) in [7, 11) is -17.7. The first-order valence-corrected chi connectivity index (χ1v) is 21.7. The molecule has 1 fully saturated rings. The molecule has 1 aromatic carbocycles. The Morgan fingerprint density at radius 1 is 1.00 bits per heavy atom. The summed E-state index contributed by atoms with van der Waals surface area (Å²) in [4.78, 5) is 109. The number of aliphatic hydroxyl groups is 2. The quantitative estimate of drug-likeness (QED) is 0.0389. The van der Waals surface area contributed by atoms with Crippen molar-refractivity contribution in [2.24, 2.45) is 5.41 Å². The van der Waals surface area contributed by atoms with Crippen LogP contribution in [0.2, 0.25) is 0 Å². The second-order valence-electron chi connectivity index (χ2n) is 13.8. The van der Waals surface area contributed by atoms with Gasteiger partial charge in [-0.05, 0) is 6.92 Å². The third-order valence-electron chi connectivity index (χ3n) is 8.72. The maximum atomic E-state index is 12.6. The van der Waals surface area contributed by atoms with Gasteiger partial charge in [0.05, 0.1) is 33.8 Å². The zero-order valence-corrected chi connectivity index (χ0v) is 34.1. The van der Waals surface area contributed by atoms with Crippen LogP contribution in [-0.4, -0.2) is 104 Å². The van der Waals surface area contributed by atoms with Crippen LogP contribution in [0, 0.1) is 5.41 Å². The van der Waals surface area contributed by atoms with Crippen molar-refractivity contribution in [1.29, 1.82) is 0 Å². The molecule has 2 amide bonds. The second kappa shape index (κ2) is 19.2. The van der Waals surface area contributed by atoms with Crippen molar-refractivity contribution in [3.63, 3.8) is 0 Å². The SMILES string of the molecule is CC(C)(COP(=O)([O-])OP(=O)([O-])OCC1OC(C)(n2cnc3c(N)ncnc32)C(O)C1OP(=O)([O-])[O-])C(O)C(=O)NCCC(=O)NCCC(=O)CC(=O)c1ccccc1. The minimum Gasteiger partial charge on any atom is -0.790 e. The van der Waals surface area contributed by atoms with Crippen LogP contribution in [-0.2, 0) is 56.4 Å². The fraction of sp³-hybridized carbons (Fsp3) is 0.516. The van der Waals surface area contributed by atoms with E-state index in [1.807, 2.05) is 0 Å². The topological polar surface area (TPSA) is 392 Å². The van der Waals surface area contributed by atoms with Gasteiger partial charge in [-0.15, -0.1) is 0 Å². The number of anilines is 1. The lowest BCUT2D eigenvalue weighted by Gasteiger charge is -2.36. The number of nitrogens with one attached hydrogen (secondary N) is 2. The maximum absolute atomic E-state index is 12.6. The first-order valence-electron chi connectivity index (χ1n) is 17.3. The highest BCUT2D eigenvalue weighted by Crippen LogP contribution is 2.56. The Hall–Kier alpha value is -3.90. The van der Waals surface area contributed by atoms with Crippen LogP contribution < -0.4 is 35.9 Å². The molecule has 59 heavy (non-hydrogen) atoms. The third kappa shape index (κ3) is 13.0. The predicted molar refractivity (Wildman–Crippen MR) is 190 cm³/mol. The number of fused-ring (bicyclic) bond motifs is 1. The van der Waals surface area contributed by atoms with Crippen LogP contribution in [0.1, 0.15) is 50.4 Å². The van der Waals surface area contributed by atoms with Crippen molar-refractivity contribution in [1.82, 2.24) is 30.2 Å². The van der Waals surface area contributed by atoms with E-state index in [0.717, 1.165) is 17.2 Å². The summed E-state index contributed by atoms with van der Waals surface area (Å²) in [6.45, 7) is 0.809. The van der Waals surface area contributed by atoms with Crippen molar-refractivity contribution in [3.8, 4) is 0 Å². The van der Waals surface area contributed by atoms with Crippen molar-refractivity contribution < 1.29 is 85.3 Å². The minimum absolute atomic E-state index is 0.0264. The number of ether oxygens (including phenoxy) is 1. The molecule has 6 N–H and O–H groups in total. The Morgan fingerprint density at radius 2 is 1.64 bits per heavy atom. The summed E-state index contributed by atoms with van der Waals surface area (Å²) < 4.78 is 61.1. The number of imidazole rings is 1. The van der Waals surface area contributed by atoms with E-state index in [4.69, 9.17) is 10.5 Å². The number of phosphoric ester groups is 3. The smallest absolute Gasteiger partial charge is 0.274 e. The zero-order chi connectivity index (χ0) is 44.0. The summed E-state index contributed by atoms with van der Waals surface area (Å²) in [6.07, 6.45) is -6.74. The molecule has 0 saturated carbocycles. The highest BCUT2D eigenvalue weighted by molar-refractivity contribution is 7.59. The largest absolute Gasteiger partial charge is 0.790 e. The molecule has 1 saturated heterocycles. The van der Waals surface area contributed by atoms with Gasteiger partial charge in [-0.25, -0.2) is 19.3 Å². The van der Waals surface area contributed by atoms with Crippen molar-refractivity contribution in [3.05, 3.63) is 48.5 Å². The molecular weight excluding hydrogens is 851 g/mol. The number of amides is 2. The van der Waals surface area contributed by atoms with Crippen molar-refractivity contribution >= 4 is 63.8 Å². The molecule has 326 valence electrons. The average Bonchev–Trinajstić information content (AvgIpc) is 3.69. The number of nitrogen functional groups attached to an aromatic ring is 1. The Morgan fingerprint density at radius 3 is 2.31 bits per heavy atom. The van der Waals surface area contributed by atoms with Gasteiger partial charge in [0.1, 0.15) is 42.0 Å². The fourth-order valence-electron chi connectivity index (χ4n) is 5.56. The average molecular weight is 892 g/mol. The molecule has 7 atom stereocenters. The molecule has 4 rings (SSSR count). The van der Waals surface area contributed by atoms with Gasteiger partial charge >= 0.3 is 0 Å². The number of carbonyl (C=O) groups excluding carboxylic acids is 4. The number of aliphatic hydroxyl groups excluding tert-OH is 2. The summed E-state index contributed by atoms with van der Waals surface area (Å²) in [5.41, 5.74) is 2.33. The molecule has 28 heteroatoms. The zero-order valence-electron chi connectivity index (χ0n) is 31.4. The molecule has 1 aliphatic heterocycles. The molecule has 1 aliphatic rings. The number of ketones is 2. The second-order valence-corrected chi connectivity index (χ2v) is 17.9. The van der Waals surface area contributed by atoms with E-state index >= 15 is 0 Å². The number of hydrogen-bond acceptors (Lipinski definition) is 22. The van der Waals surface area contributed by atoms with Crippen LogP contribution >= 0.6 is 23.5 Å². The lowest BCUT2D eigenvalue weighted by atomic mass is 9.87. The Bertz CT molecular complexity index is 2150. The number of nitrogens with zero attached hydrogens (tertiary/aromatic N) is 4. The number of phosphoric acid groups is 3. The molecule has 0 spiro atoms. The van der Waals surface area contributed by atoms with Crippen molar-refractivity contribution in [2.75, 3.05) is 32.0 Å². The van der Waals surface area contributed by atoms with E-state index in [-0.39, 0.29) is 55.1 Å². The third-order valence-corrected chi connectivity index (χ3v) is 11.7. The number of rotatable bonds is 22. The van der Waals surface area contributed by atoms with Crippen LogP contribution in [0.4, 0.5) is 5.82 Å². The number of benzene rings is 1. The molecule has 0 bridgehead atoms. The first-order chi connectivity index (χ1) is 27.3. The minimum atomic E-state index is -5.96. The van der Waals surface area contributed by atoms with Crippen LogP contribution in [0.15, 0.2) is 43.0 Å². The lowest BCUT2D eigenvalue weighted by Crippen LogP contribution is -2.46. The Labute approximate surface area is 335 Å². The van der Waals surface area contributed by atoms with Gasteiger partial charge in [0.25, 0.3) is 15.6 Å². The number of aromatic nitrogens is 4. The van der Waals surface area contributed by atoms with Crippen LogP contribution in [0.3, 0.4) is 0 Å². The standard InChI is InChI=1S/C31H44N7O18P3/c1-30(2,26(43)29(44)34-12-10-22(41)33-11-9-19(39)13-20(40)18-7-5-4-6-8-18)15-53-59(50,51)56-58(48,49)52-14-21-24(55-57(45,46)47)25(42)31(3,54-21)38-17-37-23-27(32)35-16-36-28(23)38/h4-8,16-17,21,24-26,42-43H,9-15H2,1-3H3,(H,33,41)(H,34,44)(H,48,49)(H,50,51)(H2,32,35,36)(H2,45,46,47)/p-4. The van der Waals surface area contributed by atoms with Gasteiger partial charge in [-0.1, -0.05) is 44.2 Å². The maximum Gasteiger partial charge on any atom is 0.274 e. The van der Waals surface area contributed by atoms with E-state index in [0.29, 0.717) is 5.56 Å². The fourth-order valence-corrected chi connectivity index (χ4v) is 8.29. The van der Waals surface area contributed by atoms with E-state index in [2.05, 4.69) is 43.5 Å². The molecule has 0 aliphatic carbocycles. The molecule has 2 aromatic heterocycles. The van der Waals surface area contributed by atoms with Gasteiger partial charge < -0.3 is 69.0 Å². The molecule has 25 nitrogen and oxygen atoms in total. The first kappa shape index (κ1) is 47.8. The normalized spacial score (nSPS) is 22.3.